The molecule has 1 amide bonds. The first kappa shape index (κ1) is 14.2. The van der Waals surface area contributed by atoms with Crippen molar-refractivity contribution >= 4 is 21.8 Å². The van der Waals surface area contributed by atoms with E-state index in [1.807, 2.05) is 16.8 Å². The minimum atomic E-state index is 0.199. The standard InChI is InChI=1S/C16H23BrN2O/c1-2-18-12-13(17)11-14(18)15(20)19-9-7-16(8-10-19)5-3-4-6-16/h11-12H,2-10H2,1H3. The molecule has 4 heteroatoms. The van der Waals surface area contributed by atoms with Crippen molar-refractivity contribution in [3.8, 4) is 0 Å². The lowest BCUT2D eigenvalue weighted by molar-refractivity contribution is 0.0577. The molecule has 20 heavy (non-hydrogen) atoms. The van der Waals surface area contributed by atoms with E-state index in [1.165, 1.54) is 38.5 Å². The van der Waals surface area contributed by atoms with Gasteiger partial charge in [-0.25, -0.2) is 0 Å². The molecule has 1 aromatic heterocycles. The highest BCUT2D eigenvalue weighted by molar-refractivity contribution is 9.10. The fraction of sp³-hybridized carbons (Fsp3) is 0.688. The number of carbonyl (C=O) groups is 1. The van der Waals surface area contributed by atoms with Crippen molar-refractivity contribution in [2.24, 2.45) is 5.41 Å². The molecule has 0 aromatic carbocycles. The molecular formula is C16H23BrN2O. The summed E-state index contributed by atoms with van der Waals surface area (Å²) >= 11 is 3.47. The maximum absolute atomic E-state index is 12.7. The normalized spacial score (nSPS) is 21.6. The highest BCUT2D eigenvalue weighted by Gasteiger charge is 2.38. The zero-order valence-electron chi connectivity index (χ0n) is 12.2. The lowest BCUT2D eigenvalue weighted by Crippen LogP contribution is -2.42. The summed E-state index contributed by atoms with van der Waals surface area (Å²) in [4.78, 5) is 14.7. The first-order valence-corrected chi connectivity index (χ1v) is 8.58. The molecular weight excluding hydrogens is 316 g/mol. The van der Waals surface area contributed by atoms with Gasteiger partial charge in [0.1, 0.15) is 5.69 Å². The molecule has 1 saturated heterocycles. The fourth-order valence-electron chi connectivity index (χ4n) is 3.89. The topological polar surface area (TPSA) is 25.2 Å². The van der Waals surface area contributed by atoms with Crippen LogP contribution < -0.4 is 0 Å². The molecule has 1 aliphatic carbocycles. The molecule has 0 bridgehead atoms. The quantitative estimate of drug-likeness (QED) is 0.797. The number of aromatic nitrogens is 1. The number of aryl methyl sites for hydroxylation is 1. The lowest BCUT2D eigenvalue weighted by atomic mass is 9.77. The second-order valence-electron chi connectivity index (χ2n) is 6.33. The van der Waals surface area contributed by atoms with Crippen LogP contribution in [0.5, 0.6) is 0 Å². The minimum Gasteiger partial charge on any atom is -0.343 e. The van der Waals surface area contributed by atoms with Crippen LogP contribution in [0.2, 0.25) is 0 Å². The van der Waals surface area contributed by atoms with E-state index in [2.05, 4.69) is 27.8 Å². The van der Waals surface area contributed by atoms with Gasteiger partial charge in [0.15, 0.2) is 0 Å². The van der Waals surface area contributed by atoms with Crippen LogP contribution in [0.1, 0.15) is 55.9 Å². The van der Waals surface area contributed by atoms with Crippen LogP contribution in [0.25, 0.3) is 0 Å². The first-order valence-electron chi connectivity index (χ1n) is 7.78. The van der Waals surface area contributed by atoms with Crippen LogP contribution in [0.3, 0.4) is 0 Å². The Labute approximate surface area is 129 Å². The van der Waals surface area contributed by atoms with Crippen molar-refractivity contribution in [2.45, 2.75) is 52.0 Å². The van der Waals surface area contributed by atoms with Crippen LogP contribution in [0.4, 0.5) is 0 Å². The maximum atomic E-state index is 12.7. The minimum absolute atomic E-state index is 0.199. The Morgan fingerprint density at radius 3 is 2.50 bits per heavy atom. The summed E-state index contributed by atoms with van der Waals surface area (Å²) in [5.74, 6) is 0.199. The van der Waals surface area contributed by atoms with E-state index in [-0.39, 0.29) is 5.91 Å². The summed E-state index contributed by atoms with van der Waals surface area (Å²) in [6, 6.07) is 1.95. The molecule has 110 valence electrons. The molecule has 1 spiro atoms. The number of rotatable bonds is 2. The SMILES string of the molecule is CCn1cc(Br)cc1C(=O)N1CCC2(CCCC2)CC1. The van der Waals surface area contributed by atoms with Crippen LogP contribution in [0.15, 0.2) is 16.7 Å². The first-order chi connectivity index (χ1) is 9.63. The molecule has 3 nitrogen and oxygen atoms in total. The summed E-state index contributed by atoms with van der Waals surface area (Å²) in [5.41, 5.74) is 1.39. The number of hydrogen-bond donors (Lipinski definition) is 0. The molecule has 2 fully saturated rings. The Morgan fingerprint density at radius 1 is 1.25 bits per heavy atom. The van der Waals surface area contributed by atoms with Gasteiger partial charge >= 0.3 is 0 Å². The monoisotopic (exact) mass is 338 g/mol. The lowest BCUT2D eigenvalue weighted by Gasteiger charge is -2.39. The zero-order chi connectivity index (χ0) is 14.2. The Hall–Kier alpha value is -0.770. The summed E-state index contributed by atoms with van der Waals surface area (Å²) in [6.07, 6.45) is 9.94. The Balaban J connectivity index is 1.69. The molecule has 2 heterocycles. The van der Waals surface area contributed by atoms with Crippen molar-refractivity contribution in [1.29, 1.82) is 0 Å². The number of piperidine rings is 1. The van der Waals surface area contributed by atoms with Gasteiger partial charge in [0.2, 0.25) is 0 Å². The summed E-state index contributed by atoms with van der Waals surface area (Å²) in [5, 5.41) is 0. The van der Waals surface area contributed by atoms with Crippen molar-refractivity contribution in [1.82, 2.24) is 9.47 Å². The van der Waals surface area contributed by atoms with E-state index in [0.717, 1.165) is 29.8 Å². The van der Waals surface area contributed by atoms with Crippen molar-refractivity contribution < 1.29 is 4.79 Å². The number of amides is 1. The van der Waals surface area contributed by atoms with Crippen LogP contribution in [0, 0.1) is 5.41 Å². The molecule has 3 rings (SSSR count). The molecule has 0 N–H and O–H groups in total. The number of halogens is 1. The second-order valence-corrected chi connectivity index (χ2v) is 7.24. The molecule has 1 saturated carbocycles. The van der Waals surface area contributed by atoms with Crippen molar-refractivity contribution in [3.63, 3.8) is 0 Å². The van der Waals surface area contributed by atoms with Gasteiger partial charge in [-0.3, -0.25) is 4.79 Å². The smallest absolute Gasteiger partial charge is 0.270 e. The second kappa shape index (κ2) is 5.55. The van der Waals surface area contributed by atoms with Gasteiger partial charge in [0.25, 0.3) is 5.91 Å². The Bertz CT molecular complexity index is 493. The van der Waals surface area contributed by atoms with Crippen molar-refractivity contribution in [2.75, 3.05) is 13.1 Å². The van der Waals surface area contributed by atoms with E-state index in [0.29, 0.717) is 5.41 Å². The Morgan fingerprint density at radius 2 is 1.90 bits per heavy atom. The molecule has 1 aliphatic heterocycles. The van der Waals surface area contributed by atoms with E-state index in [1.54, 1.807) is 0 Å². The predicted octanol–water partition coefficient (Wildman–Crippen LogP) is 4.07. The molecule has 1 aromatic rings. The van der Waals surface area contributed by atoms with Gasteiger partial charge in [-0.05, 0) is 60.0 Å². The van der Waals surface area contributed by atoms with Crippen LogP contribution in [-0.2, 0) is 6.54 Å². The van der Waals surface area contributed by atoms with Gasteiger partial charge in [-0.15, -0.1) is 0 Å². The number of nitrogens with zero attached hydrogens (tertiary/aromatic N) is 2. The van der Waals surface area contributed by atoms with Crippen molar-refractivity contribution in [3.05, 3.63) is 22.4 Å². The zero-order valence-corrected chi connectivity index (χ0v) is 13.8. The molecule has 0 radical (unpaired) electrons. The van der Waals surface area contributed by atoms with E-state index in [4.69, 9.17) is 0 Å². The number of likely N-dealkylation sites (tertiary alicyclic amines) is 1. The summed E-state index contributed by atoms with van der Waals surface area (Å²) in [7, 11) is 0. The molecule has 0 atom stereocenters. The Kier molecular flexibility index (Phi) is 3.93. The van der Waals surface area contributed by atoms with Crippen LogP contribution in [-0.4, -0.2) is 28.5 Å². The van der Waals surface area contributed by atoms with Gasteiger partial charge in [-0.2, -0.15) is 0 Å². The third kappa shape index (κ3) is 2.54. The third-order valence-electron chi connectivity index (χ3n) is 5.20. The summed E-state index contributed by atoms with van der Waals surface area (Å²) in [6.45, 7) is 4.79. The highest BCUT2D eigenvalue weighted by atomic mass is 79.9. The van der Waals surface area contributed by atoms with Gasteiger partial charge in [-0.1, -0.05) is 12.8 Å². The van der Waals surface area contributed by atoms with Gasteiger partial charge in [0, 0.05) is 30.3 Å². The maximum Gasteiger partial charge on any atom is 0.270 e. The van der Waals surface area contributed by atoms with E-state index < -0.39 is 0 Å². The number of hydrogen-bond acceptors (Lipinski definition) is 1. The predicted molar refractivity (Wildman–Crippen MR) is 83.8 cm³/mol. The largest absolute Gasteiger partial charge is 0.343 e. The number of carbonyl (C=O) groups excluding carboxylic acids is 1. The fourth-order valence-corrected chi connectivity index (χ4v) is 4.35. The molecule has 2 aliphatic rings. The third-order valence-corrected chi connectivity index (χ3v) is 5.63. The van der Waals surface area contributed by atoms with Crippen LogP contribution >= 0.6 is 15.9 Å². The summed E-state index contributed by atoms with van der Waals surface area (Å²) < 4.78 is 3.03. The van der Waals surface area contributed by atoms with Gasteiger partial charge in [0.05, 0.1) is 0 Å². The van der Waals surface area contributed by atoms with Gasteiger partial charge < -0.3 is 9.47 Å². The average Bonchev–Trinajstić information content (AvgIpc) is 3.06. The van der Waals surface area contributed by atoms with E-state index in [9.17, 15) is 4.79 Å². The van der Waals surface area contributed by atoms with E-state index >= 15 is 0 Å². The molecule has 0 unspecified atom stereocenters. The highest BCUT2D eigenvalue weighted by Crippen LogP contribution is 2.46. The average molecular weight is 339 g/mol.